The summed E-state index contributed by atoms with van der Waals surface area (Å²) in [7, 11) is 0. The van der Waals surface area contributed by atoms with Crippen molar-refractivity contribution >= 4 is 11.0 Å². The van der Waals surface area contributed by atoms with Gasteiger partial charge in [0.2, 0.25) is 0 Å². The summed E-state index contributed by atoms with van der Waals surface area (Å²) >= 11 is 0. The maximum Gasteiger partial charge on any atom is 0.297 e. The first-order chi connectivity index (χ1) is 8.08. The van der Waals surface area contributed by atoms with E-state index < -0.39 is 0 Å². The molecule has 2 aromatic rings. The van der Waals surface area contributed by atoms with Gasteiger partial charge in [0.1, 0.15) is 0 Å². The molecule has 0 amide bonds. The second kappa shape index (κ2) is 4.78. The van der Waals surface area contributed by atoms with E-state index in [1.807, 2.05) is 32.0 Å². The van der Waals surface area contributed by atoms with Gasteiger partial charge in [0.05, 0.1) is 17.1 Å². The largest absolute Gasteiger partial charge is 0.462 e. The average Bonchev–Trinajstić information content (AvgIpc) is 2.55. The zero-order valence-corrected chi connectivity index (χ0v) is 11.0. The molecule has 92 valence electrons. The minimum absolute atomic E-state index is 0.151. The quantitative estimate of drug-likeness (QED) is 0.807. The van der Waals surface area contributed by atoms with Crippen molar-refractivity contribution in [1.29, 1.82) is 0 Å². The molecule has 0 bridgehead atoms. The topological polar surface area (TPSA) is 27.1 Å². The molecule has 0 aliphatic heterocycles. The van der Waals surface area contributed by atoms with E-state index in [-0.39, 0.29) is 6.10 Å². The van der Waals surface area contributed by atoms with E-state index >= 15 is 0 Å². The van der Waals surface area contributed by atoms with E-state index in [4.69, 9.17) is 4.74 Å². The monoisotopic (exact) mass is 232 g/mol. The highest BCUT2D eigenvalue weighted by Gasteiger charge is 2.13. The zero-order valence-electron chi connectivity index (χ0n) is 11.0. The van der Waals surface area contributed by atoms with E-state index in [0.29, 0.717) is 5.92 Å². The fourth-order valence-electron chi connectivity index (χ4n) is 1.90. The minimum Gasteiger partial charge on any atom is -0.462 e. The van der Waals surface area contributed by atoms with Crippen LogP contribution in [-0.2, 0) is 6.54 Å². The SMILES string of the molecule is CC(C)Cn1c(OC(C)C)nc2ccccc21. The molecule has 0 spiro atoms. The van der Waals surface area contributed by atoms with Crippen LogP contribution in [0.4, 0.5) is 0 Å². The lowest BCUT2D eigenvalue weighted by atomic mass is 10.2. The van der Waals surface area contributed by atoms with Crippen LogP contribution >= 0.6 is 0 Å². The maximum absolute atomic E-state index is 5.78. The molecule has 0 aliphatic rings. The molecule has 0 fully saturated rings. The Labute approximate surface area is 102 Å². The molecule has 0 radical (unpaired) electrons. The maximum atomic E-state index is 5.78. The lowest BCUT2D eigenvalue weighted by molar-refractivity contribution is 0.210. The highest BCUT2D eigenvalue weighted by molar-refractivity contribution is 5.76. The first kappa shape index (κ1) is 12.0. The van der Waals surface area contributed by atoms with Gasteiger partial charge in [-0.1, -0.05) is 26.0 Å². The molecule has 3 nitrogen and oxygen atoms in total. The summed E-state index contributed by atoms with van der Waals surface area (Å²) in [5, 5.41) is 0. The summed E-state index contributed by atoms with van der Waals surface area (Å²) in [6.45, 7) is 9.39. The Morgan fingerprint density at radius 1 is 1.18 bits per heavy atom. The van der Waals surface area contributed by atoms with Gasteiger partial charge in [-0.3, -0.25) is 4.57 Å². The standard InChI is InChI=1S/C14H20N2O/c1-10(2)9-16-13-8-6-5-7-12(13)15-14(16)17-11(3)4/h5-8,10-11H,9H2,1-4H3. The Bertz CT molecular complexity index is 500. The number of hydrogen-bond acceptors (Lipinski definition) is 2. The third-order valence-corrected chi connectivity index (χ3v) is 2.51. The number of aromatic nitrogens is 2. The van der Waals surface area contributed by atoms with Crippen LogP contribution in [-0.4, -0.2) is 15.7 Å². The molecule has 0 atom stereocenters. The Hall–Kier alpha value is -1.51. The number of hydrogen-bond donors (Lipinski definition) is 0. The average molecular weight is 232 g/mol. The normalized spacial score (nSPS) is 11.6. The van der Waals surface area contributed by atoms with Crippen LogP contribution < -0.4 is 4.74 Å². The third-order valence-electron chi connectivity index (χ3n) is 2.51. The number of fused-ring (bicyclic) bond motifs is 1. The van der Waals surface area contributed by atoms with Crippen molar-refractivity contribution in [2.75, 3.05) is 0 Å². The van der Waals surface area contributed by atoms with Gasteiger partial charge in [0.25, 0.3) is 6.01 Å². The molecule has 3 heteroatoms. The Balaban J connectivity index is 2.48. The molecule has 0 unspecified atom stereocenters. The molecule has 0 N–H and O–H groups in total. The van der Waals surface area contributed by atoms with E-state index in [1.54, 1.807) is 0 Å². The number of para-hydroxylation sites is 2. The minimum atomic E-state index is 0.151. The van der Waals surface area contributed by atoms with E-state index in [1.165, 1.54) is 0 Å². The molecule has 0 saturated carbocycles. The van der Waals surface area contributed by atoms with Gasteiger partial charge in [-0.15, -0.1) is 0 Å². The Morgan fingerprint density at radius 2 is 1.88 bits per heavy atom. The molecule has 1 heterocycles. The van der Waals surface area contributed by atoms with Crippen LogP contribution in [0.3, 0.4) is 0 Å². The number of imidazole rings is 1. The van der Waals surface area contributed by atoms with Gasteiger partial charge >= 0.3 is 0 Å². The van der Waals surface area contributed by atoms with Crippen LogP contribution in [0.5, 0.6) is 6.01 Å². The first-order valence-corrected chi connectivity index (χ1v) is 6.20. The van der Waals surface area contributed by atoms with Gasteiger partial charge in [-0.25, -0.2) is 0 Å². The zero-order chi connectivity index (χ0) is 12.4. The molecule has 1 aromatic heterocycles. The number of ether oxygens (including phenoxy) is 1. The number of benzene rings is 1. The summed E-state index contributed by atoms with van der Waals surface area (Å²) in [5.74, 6) is 0.571. The van der Waals surface area contributed by atoms with Crippen LogP contribution in [0.15, 0.2) is 24.3 Å². The van der Waals surface area contributed by atoms with Crippen molar-refractivity contribution in [3.8, 4) is 6.01 Å². The molecular formula is C14H20N2O. The Morgan fingerprint density at radius 3 is 2.53 bits per heavy atom. The number of rotatable bonds is 4. The van der Waals surface area contributed by atoms with Crippen molar-refractivity contribution in [2.45, 2.75) is 40.3 Å². The van der Waals surface area contributed by atoms with Crippen molar-refractivity contribution < 1.29 is 4.74 Å². The summed E-state index contributed by atoms with van der Waals surface area (Å²) in [5.41, 5.74) is 2.15. The summed E-state index contributed by atoms with van der Waals surface area (Å²) in [4.78, 5) is 4.55. The second-order valence-corrected chi connectivity index (χ2v) is 5.05. The van der Waals surface area contributed by atoms with Crippen LogP contribution in [0.25, 0.3) is 11.0 Å². The van der Waals surface area contributed by atoms with E-state index in [2.05, 4.69) is 29.5 Å². The number of nitrogens with zero attached hydrogens (tertiary/aromatic N) is 2. The van der Waals surface area contributed by atoms with Crippen LogP contribution in [0.2, 0.25) is 0 Å². The van der Waals surface area contributed by atoms with Gasteiger partial charge < -0.3 is 4.74 Å². The molecule has 17 heavy (non-hydrogen) atoms. The smallest absolute Gasteiger partial charge is 0.297 e. The third kappa shape index (κ3) is 2.60. The highest BCUT2D eigenvalue weighted by atomic mass is 16.5. The Kier molecular flexibility index (Phi) is 3.36. The fraction of sp³-hybridized carbons (Fsp3) is 0.500. The van der Waals surface area contributed by atoms with Gasteiger partial charge in [0, 0.05) is 6.54 Å². The predicted octanol–water partition coefficient (Wildman–Crippen LogP) is 3.48. The fourth-order valence-corrected chi connectivity index (χ4v) is 1.90. The van der Waals surface area contributed by atoms with Crippen molar-refractivity contribution in [1.82, 2.24) is 9.55 Å². The lowest BCUT2D eigenvalue weighted by Gasteiger charge is -2.13. The summed E-state index contributed by atoms with van der Waals surface area (Å²) < 4.78 is 7.95. The molecule has 0 saturated heterocycles. The second-order valence-electron chi connectivity index (χ2n) is 5.05. The molecule has 1 aromatic carbocycles. The van der Waals surface area contributed by atoms with Crippen LogP contribution in [0.1, 0.15) is 27.7 Å². The molecule has 0 aliphatic carbocycles. The van der Waals surface area contributed by atoms with Crippen molar-refractivity contribution in [3.63, 3.8) is 0 Å². The van der Waals surface area contributed by atoms with Gasteiger partial charge in [-0.05, 0) is 31.9 Å². The van der Waals surface area contributed by atoms with Crippen LogP contribution in [0, 0.1) is 5.92 Å². The summed E-state index contributed by atoms with van der Waals surface area (Å²) in [6, 6.07) is 8.90. The molecule has 2 rings (SSSR count). The van der Waals surface area contributed by atoms with E-state index in [9.17, 15) is 0 Å². The highest BCUT2D eigenvalue weighted by Crippen LogP contribution is 2.23. The summed E-state index contributed by atoms with van der Waals surface area (Å²) in [6.07, 6.45) is 0.151. The lowest BCUT2D eigenvalue weighted by Crippen LogP contribution is -2.13. The molecular weight excluding hydrogens is 212 g/mol. The first-order valence-electron chi connectivity index (χ1n) is 6.20. The van der Waals surface area contributed by atoms with Crippen molar-refractivity contribution in [2.24, 2.45) is 5.92 Å². The van der Waals surface area contributed by atoms with Gasteiger partial charge in [0.15, 0.2) is 0 Å². The van der Waals surface area contributed by atoms with E-state index in [0.717, 1.165) is 23.6 Å². The van der Waals surface area contributed by atoms with Crippen molar-refractivity contribution in [3.05, 3.63) is 24.3 Å². The predicted molar refractivity (Wildman–Crippen MR) is 70.3 cm³/mol. The van der Waals surface area contributed by atoms with Gasteiger partial charge in [-0.2, -0.15) is 4.98 Å².